The zero-order chi connectivity index (χ0) is 31.6. The number of nitrogens with zero attached hydrogens (tertiary/aromatic N) is 2. The molecule has 2 aromatic heterocycles. The average Bonchev–Trinajstić information content (AvgIpc) is 3.29. The molecular weight excluding hydrogens is 570 g/mol. The van der Waals surface area contributed by atoms with E-state index >= 15 is 0 Å². The summed E-state index contributed by atoms with van der Waals surface area (Å²) in [4.78, 5) is 54.1. The molecule has 1 saturated carbocycles. The first-order valence-electron chi connectivity index (χ1n) is 15.0. The number of carbonyl (C=O) groups excluding carboxylic acids is 1. The molecule has 1 atom stereocenters. The maximum Gasteiger partial charge on any atom is 0.333 e. The van der Waals surface area contributed by atoms with Gasteiger partial charge in [-0.2, -0.15) is 0 Å². The van der Waals surface area contributed by atoms with Crippen LogP contribution in [-0.4, -0.2) is 50.0 Å². The molecule has 0 unspecified atom stereocenters. The number of aryl methyl sites for hydroxylation is 1. The normalized spacial score (nSPS) is 18.1. The number of hydrogen-bond donors (Lipinski definition) is 3. The van der Waals surface area contributed by atoms with Gasteiger partial charge in [0.1, 0.15) is 16.1 Å². The Hall–Kier alpha value is -3.44. The second kappa shape index (κ2) is 13.1. The summed E-state index contributed by atoms with van der Waals surface area (Å²) in [5, 5.41) is 23.1. The summed E-state index contributed by atoms with van der Waals surface area (Å²) in [7, 11) is 0. The predicted octanol–water partition coefficient (Wildman–Crippen LogP) is 4.61. The summed E-state index contributed by atoms with van der Waals surface area (Å²) < 4.78 is 8.48. The summed E-state index contributed by atoms with van der Waals surface area (Å²) in [5.41, 5.74) is -1.97. The van der Waals surface area contributed by atoms with E-state index in [4.69, 9.17) is 4.74 Å². The monoisotopic (exact) mass is 613 g/mol. The molecule has 1 aliphatic rings. The highest BCUT2D eigenvalue weighted by atomic mass is 32.1. The van der Waals surface area contributed by atoms with Crippen LogP contribution in [0.5, 0.6) is 5.75 Å². The fourth-order valence-electron chi connectivity index (χ4n) is 6.04. The number of aliphatic hydroxyl groups excluding tert-OH is 1. The number of ether oxygens (including phenoxy) is 1. The zero-order valence-electron chi connectivity index (χ0n) is 25.8. The Labute approximate surface area is 255 Å². The number of carbonyl (C=O) groups is 2. The highest BCUT2D eigenvalue weighted by Crippen LogP contribution is 2.39. The molecule has 0 bridgehead atoms. The van der Waals surface area contributed by atoms with Crippen molar-refractivity contribution in [2.75, 3.05) is 6.54 Å². The fourth-order valence-corrected chi connectivity index (χ4v) is 7.25. The maximum atomic E-state index is 14.2. The molecule has 43 heavy (non-hydrogen) atoms. The number of hydrogen-bond acceptors (Lipinski definition) is 7. The minimum absolute atomic E-state index is 0.0843. The molecule has 10 nitrogen and oxygen atoms in total. The van der Waals surface area contributed by atoms with E-state index in [0.717, 1.165) is 34.3 Å². The number of aliphatic carboxylic acids is 1. The molecule has 0 aliphatic heterocycles. The Morgan fingerprint density at radius 1 is 1.14 bits per heavy atom. The topological polar surface area (TPSA) is 140 Å². The molecule has 1 amide bonds. The number of fused-ring (bicyclic) bond motifs is 1. The molecule has 2 heterocycles. The first kappa shape index (κ1) is 32.5. The van der Waals surface area contributed by atoms with Crippen LogP contribution in [0, 0.1) is 12.8 Å². The van der Waals surface area contributed by atoms with E-state index < -0.39 is 22.8 Å². The molecule has 3 N–H and O–H groups in total. The van der Waals surface area contributed by atoms with Crippen molar-refractivity contribution in [1.29, 1.82) is 0 Å². The molecular formula is C32H43N3O7S. The molecule has 3 aromatic rings. The Kier molecular flexibility index (Phi) is 9.86. The number of thiophene rings is 1. The quantitative estimate of drug-likeness (QED) is 0.287. The largest absolute Gasteiger partial charge is 0.491 e. The average molecular weight is 614 g/mol. The van der Waals surface area contributed by atoms with Crippen LogP contribution in [0.25, 0.3) is 10.2 Å². The van der Waals surface area contributed by atoms with Crippen LogP contribution in [0.1, 0.15) is 93.4 Å². The number of benzene rings is 1. The number of aliphatic hydroxyl groups is 1. The lowest BCUT2D eigenvalue weighted by molar-refractivity contribution is -0.146. The lowest BCUT2D eigenvalue weighted by Crippen LogP contribution is -2.52. The van der Waals surface area contributed by atoms with E-state index in [9.17, 15) is 29.4 Å². The van der Waals surface area contributed by atoms with Gasteiger partial charge in [0, 0.05) is 19.0 Å². The van der Waals surface area contributed by atoms with E-state index in [1.165, 1.54) is 18.4 Å². The van der Waals surface area contributed by atoms with Crippen molar-refractivity contribution in [3.8, 4) is 5.75 Å². The Bertz CT molecular complexity index is 1610. The molecule has 0 spiro atoms. The van der Waals surface area contributed by atoms with E-state index in [0.29, 0.717) is 52.7 Å². The lowest BCUT2D eigenvalue weighted by atomic mass is 9.79. The number of amides is 1. The van der Waals surface area contributed by atoms with Gasteiger partial charge >= 0.3 is 11.7 Å². The Morgan fingerprint density at radius 3 is 2.40 bits per heavy atom. The SMILES string of the molecule is CCNC(=O)c1sc2c(c1C)c(=O)n(C(C)(C)C(=O)O)c(=O)n2C[C@H](C[C@H]1CC[C@@H](O)CC1)c1ccccc1OC(C)C. The fraction of sp³-hybridized carbons (Fsp3) is 0.562. The van der Waals surface area contributed by atoms with Crippen molar-refractivity contribution in [2.24, 2.45) is 5.92 Å². The van der Waals surface area contributed by atoms with Crippen molar-refractivity contribution < 1.29 is 24.5 Å². The van der Waals surface area contributed by atoms with Crippen molar-refractivity contribution in [2.45, 2.75) is 104 Å². The van der Waals surface area contributed by atoms with E-state index in [2.05, 4.69) is 5.32 Å². The molecule has 0 radical (unpaired) electrons. The molecule has 234 valence electrons. The van der Waals surface area contributed by atoms with E-state index in [1.807, 2.05) is 38.1 Å². The third-order valence-corrected chi connectivity index (χ3v) is 9.71. The first-order valence-corrected chi connectivity index (χ1v) is 15.8. The van der Waals surface area contributed by atoms with Crippen LogP contribution in [-0.2, 0) is 16.9 Å². The van der Waals surface area contributed by atoms with Gasteiger partial charge in [-0.15, -0.1) is 11.3 Å². The summed E-state index contributed by atoms with van der Waals surface area (Å²) in [6.45, 7) is 10.6. The minimum Gasteiger partial charge on any atom is -0.491 e. The molecule has 4 rings (SSSR count). The van der Waals surface area contributed by atoms with Crippen LogP contribution in [0.2, 0.25) is 0 Å². The number of nitrogens with one attached hydrogen (secondary N) is 1. The summed E-state index contributed by atoms with van der Waals surface area (Å²) >= 11 is 1.08. The molecule has 1 fully saturated rings. The van der Waals surface area contributed by atoms with Crippen LogP contribution < -0.4 is 21.3 Å². The lowest BCUT2D eigenvalue weighted by Gasteiger charge is -2.31. The van der Waals surface area contributed by atoms with Gasteiger partial charge in [0.15, 0.2) is 0 Å². The third-order valence-electron chi connectivity index (χ3n) is 8.40. The predicted molar refractivity (Wildman–Crippen MR) is 168 cm³/mol. The standard InChI is InChI=1S/C32H43N3O7S/c1-7-33-27(37)26-19(4)25-28(38)35(32(5,6)30(39)40)31(41)34(29(25)43-26)17-21(16-20-12-14-22(36)15-13-20)23-10-8-9-11-24(23)42-18(2)3/h8-11,18,20-22,36H,7,12-17H2,1-6H3,(H,33,37)(H,39,40)/t20-,21-,22+/m0/s1. The van der Waals surface area contributed by atoms with Gasteiger partial charge in [0.2, 0.25) is 0 Å². The number of aromatic nitrogens is 2. The van der Waals surface area contributed by atoms with Gasteiger partial charge in [0.25, 0.3) is 11.5 Å². The molecule has 0 saturated heterocycles. The van der Waals surface area contributed by atoms with Crippen LogP contribution in [0.3, 0.4) is 0 Å². The van der Waals surface area contributed by atoms with Gasteiger partial charge in [-0.25, -0.2) is 14.2 Å². The second-order valence-electron chi connectivity index (χ2n) is 12.3. The van der Waals surface area contributed by atoms with Crippen molar-refractivity contribution in [1.82, 2.24) is 14.5 Å². The van der Waals surface area contributed by atoms with Gasteiger partial charge in [-0.1, -0.05) is 18.2 Å². The van der Waals surface area contributed by atoms with Gasteiger partial charge in [0.05, 0.1) is 22.5 Å². The number of para-hydroxylation sites is 1. The zero-order valence-corrected chi connectivity index (χ0v) is 26.6. The van der Waals surface area contributed by atoms with Crippen LogP contribution in [0.15, 0.2) is 33.9 Å². The molecule has 1 aromatic carbocycles. The van der Waals surface area contributed by atoms with Crippen molar-refractivity contribution >= 4 is 33.4 Å². The Balaban J connectivity index is 1.98. The third kappa shape index (κ3) is 6.57. The highest BCUT2D eigenvalue weighted by Gasteiger charge is 2.36. The van der Waals surface area contributed by atoms with Crippen LogP contribution in [0.4, 0.5) is 0 Å². The highest BCUT2D eigenvalue weighted by molar-refractivity contribution is 7.20. The number of carboxylic acids is 1. The second-order valence-corrected chi connectivity index (χ2v) is 13.3. The molecule has 1 aliphatic carbocycles. The van der Waals surface area contributed by atoms with Gasteiger partial charge in [-0.3, -0.25) is 14.2 Å². The number of carboxylic acid groups (broad SMARTS) is 1. The van der Waals surface area contributed by atoms with Crippen molar-refractivity contribution in [3.63, 3.8) is 0 Å². The minimum atomic E-state index is -1.84. The summed E-state index contributed by atoms with van der Waals surface area (Å²) in [6.07, 6.45) is 3.43. The van der Waals surface area contributed by atoms with E-state index in [-0.39, 0.29) is 36.0 Å². The van der Waals surface area contributed by atoms with Crippen molar-refractivity contribution in [3.05, 3.63) is 61.1 Å². The van der Waals surface area contributed by atoms with Gasteiger partial charge in [-0.05, 0) is 96.8 Å². The Morgan fingerprint density at radius 2 is 1.79 bits per heavy atom. The summed E-state index contributed by atoms with van der Waals surface area (Å²) in [5.74, 6) is -0.902. The van der Waals surface area contributed by atoms with Crippen LogP contribution >= 0.6 is 11.3 Å². The summed E-state index contributed by atoms with van der Waals surface area (Å²) in [6, 6.07) is 7.72. The number of rotatable bonds is 11. The van der Waals surface area contributed by atoms with E-state index in [1.54, 1.807) is 13.8 Å². The van der Waals surface area contributed by atoms with Gasteiger partial charge < -0.3 is 20.3 Å². The molecule has 11 heteroatoms. The smallest absolute Gasteiger partial charge is 0.333 e. The first-order chi connectivity index (χ1) is 20.3. The maximum absolute atomic E-state index is 14.2.